The highest BCUT2D eigenvalue weighted by Crippen LogP contribution is 2.39. The Kier molecular flexibility index (Phi) is 6.92. The lowest BCUT2D eigenvalue weighted by Gasteiger charge is -2.20. The number of nitrogens with one attached hydrogen (secondary N) is 1. The van der Waals surface area contributed by atoms with E-state index in [1.54, 1.807) is 36.9 Å². The van der Waals surface area contributed by atoms with Crippen molar-refractivity contribution in [2.45, 2.75) is 26.4 Å². The number of nitriles is 1. The number of nitrogens with zero attached hydrogens (tertiary/aromatic N) is 5. The van der Waals surface area contributed by atoms with Gasteiger partial charge in [-0.15, -0.1) is 11.3 Å². The van der Waals surface area contributed by atoms with Gasteiger partial charge in [-0.3, -0.25) is 9.89 Å². The highest BCUT2D eigenvalue weighted by atomic mass is 79.9. The molecule has 1 aromatic carbocycles. The number of hydrogen-bond donors (Lipinski definition) is 2. The first-order valence-electron chi connectivity index (χ1n) is 10.2. The molecule has 34 heavy (non-hydrogen) atoms. The van der Waals surface area contributed by atoms with Crippen LogP contribution in [-0.4, -0.2) is 25.0 Å². The van der Waals surface area contributed by atoms with E-state index in [0.717, 1.165) is 26.8 Å². The summed E-state index contributed by atoms with van der Waals surface area (Å²) in [4.78, 5) is 9.67. The molecule has 0 unspecified atom stereocenters. The number of rotatable bonds is 7. The van der Waals surface area contributed by atoms with E-state index in [4.69, 9.17) is 15.0 Å². The lowest BCUT2D eigenvalue weighted by atomic mass is 9.99. The maximum Gasteiger partial charge on any atom is 0.192 e. The molecule has 0 aliphatic carbocycles. The van der Waals surface area contributed by atoms with Crippen LogP contribution < -0.4 is 10.2 Å². The molecule has 0 radical (unpaired) electrons. The van der Waals surface area contributed by atoms with Crippen LogP contribution in [0.15, 0.2) is 41.0 Å². The molecule has 0 saturated carbocycles. The standard InChI is InChI=1S/C23H20BrFN6O2S/c1-12(33-21-6-14(24)11-27-23(21)30-32)19-7-15(25)4-5-18(19)22-20(28-13(2)34-22)9-17-8-16(10-26)29-31(17)3/h4-8,11-12,32H,9H2,1-3H3,(H,27,30)/t12-/m1/s1. The second-order valence-corrected chi connectivity index (χ2v) is 9.66. The minimum Gasteiger partial charge on any atom is -0.482 e. The molecule has 0 amide bonds. The van der Waals surface area contributed by atoms with Crippen molar-refractivity contribution in [3.8, 4) is 22.3 Å². The molecule has 0 aliphatic rings. The van der Waals surface area contributed by atoms with Crippen molar-refractivity contribution in [2.75, 3.05) is 5.48 Å². The molecule has 3 aromatic heterocycles. The molecule has 0 fully saturated rings. The summed E-state index contributed by atoms with van der Waals surface area (Å²) in [5.41, 5.74) is 5.42. The van der Waals surface area contributed by atoms with Gasteiger partial charge in [-0.25, -0.2) is 19.8 Å². The van der Waals surface area contributed by atoms with Crippen LogP contribution in [0.4, 0.5) is 10.2 Å². The van der Waals surface area contributed by atoms with E-state index < -0.39 is 11.9 Å². The molecule has 0 bridgehead atoms. The van der Waals surface area contributed by atoms with Gasteiger partial charge in [0.15, 0.2) is 17.3 Å². The van der Waals surface area contributed by atoms with Gasteiger partial charge in [-0.05, 0) is 54.0 Å². The minimum atomic E-state index is -0.578. The number of benzene rings is 1. The van der Waals surface area contributed by atoms with Crippen molar-refractivity contribution in [3.63, 3.8) is 0 Å². The summed E-state index contributed by atoms with van der Waals surface area (Å²) in [6.45, 7) is 3.71. The number of ether oxygens (including phenoxy) is 1. The van der Waals surface area contributed by atoms with E-state index in [-0.39, 0.29) is 5.82 Å². The first kappa shape index (κ1) is 23.8. The topological polar surface area (TPSA) is 109 Å². The van der Waals surface area contributed by atoms with E-state index in [2.05, 4.69) is 32.1 Å². The molecule has 1 atom stereocenters. The van der Waals surface area contributed by atoms with Crippen LogP contribution in [0.5, 0.6) is 5.75 Å². The Bertz CT molecular complexity index is 1400. The molecule has 3 heterocycles. The molecular weight excluding hydrogens is 523 g/mol. The minimum absolute atomic E-state index is 0.145. The first-order valence-corrected chi connectivity index (χ1v) is 11.8. The fourth-order valence-corrected chi connectivity index (χ4v) is 4.92. The van der Waals surface area contributed by atoms with Crippen LogP contribution >= 0.6 is 27.3 Å². The first-order chi connectivity index (χ1) is 16.3. The summed E-state index contributed by atoms with van der Waals surface area (Å²) in [7, 11) is 1.78. The highest BCUT2D eigenvalue weighted by molar-refractivity contribution is 9.10. The van der Waals surface area contributed by atoms with Crippen LogP contribution in [0.2, 0.25) is 0 Å². The Hall–Kier alpha value is -3.33. The maximum absolute atomic E-state index is 14.3. The van der Waals surface area contributed by atoms with Gasteiger partial charge in [-0.2, -0.15) is 10.4 Å². The third-order valence-corrected chi connectivity index (χ3v) is 6.65. The number of anilines is 1. The van der Waals surface area contributed by atoms with Gasteiger partial charge < -0.3 is 4.74 Å². The molecular formula is C23H20BrFN6O2S. The lowest BCUT2D eigenvalue weighted by Crippen LogP contribution is -2.08. The van der Waals surface area contributed by atoms with Crippen molar-refractivity contribution >= 4 is 33.1 Å². The summed E-state index contributed by atoms with van der Waals surface area (Å²) in [6.07, 6.45) is 1.41. The third kappa shape index (κ3) is 4.94. The van der Waals surface area contributed by atoms with Crippen LogP contribution in [0.3, 0.4) is 0 Å². The molecule has 0 saturated heterocycles. The predicted octanol–water partition coefficient (Wildman–Crippen LogP) is 5.55. The molecule has 0 spiro atoms. The van der Waals surface area contributed by atoms with Crippen molar-refractivity contribution in [1.29, 1.82) is 5.26 Å². The Morgan fingerprint density at radius 2 is 2.15 bits per heavy atom. The van der Waals surface area contributed by atoms with Gasteiger partial charge in [0, 0.05) is 41.0 Å². The number of halogens is 2. The number of pyridine rings is 1. The number of aryl methyl sites for hydroxylation is 2. The van der Waals surface area contributed by atoms with Gasteiger partial charge in [-0.1, -0.05) is 6.07 Å². The quantitative estimate of drug-likeness (QED) is 0.294. The Labute approximate surface area is 207 Å². The number of aromatic nitrogens is 4. The molecule has 174 valence electrons. The van der Waals surface area contributed by atoms with Gasteiger partial charge >= 0.3 is 0 Å². The number of thiazole rings is 1. The van der Waals surface area contributed by atoms with Gasteiger partial charge in [0.25, 0.3) is 0 Å². The van der Waals surface area contributed by atoms with Gasteiger partial charge in [0.2, 0.25) is 0 Å². The SMILES string of the molecule is Cc1nc(Cc2cc(C#N)nn2C)c(-c2ccc(F)cc2[C@@H](C)Oc2cc(Br)cnc2NO)s1. The monoisotopic (exact) mass is 542 g/mol. The van der Waals surface area contributed by atoms with Crippen LogP contribution in [-0.2, 0) is 13.5 Å². The lowest BCUT2D eigenvalue weighted by molar-refractivity contribution is 0.225. The van der Waals surface area contributed by atoms with Crippen molar-refractivity contribution < 1.29 is 14.3 Å². The molecule has 2 N–H and O–H groups in total. The van der Waals surface area contributed by atoms with Crippen molar-refractivity contribution in [1.82, 2.24) is 19.7 Å². The summed E-state index contributed by atoms with van der Waals surface area (Å²) in [5, 5.41) is 23.6. The fraction of sp³-hybridized carbons (Fsp3) is 0.217. The Morgan fingerprint density at radius 1 is 1.35 bits per heavy atom. The van der Waals surface area contributed by atoms with Gasteiger partial charge in [0.1, 0.15) is 18.0 Å². The third-order valence-electron chi connectivity index (χ3n) is 5.17. The second-order valence-electron chi connectivity index (χ2n) is 7.55. The zero-order valence-corrected chi connectivity index (χ0v) is 20.9. The zero-order chi connectivity index (χ0) is 24.4. The van der Waals surface area contributed by atoms with Crippen LogP contribution in [0.1, 0.15) is 40.7 Å². The maximum atomic E-state index is 14.3. The van der Waals surface area contributed by atoms with E-state index in [1.165, 1.54) is 29.7 Å². The van der Waals surface area contributed by atoms with E-state index in [1.807, 2.05) is 12.4 Å². The van der Waals surface area contributed by atoms with Crippen molar-refractivity contribution in [2.24, 2.45) is 7.05 Å². The summed E-state index contributed by atoms with van der Waals surface area (Å²) in [6, 6.07) is 10.0. The molecule has 4 rings (SSSR count). The predicted molar refractivity (Wildman–Crippen MR) is 129 cm³/mol. The normalized spacial score (nSPS) is 11.8. The summed E-state index contributed by atoms with van der Waals surface area (Å²) < 4.78 is 22.7. The van der Waals surface area contributed by atoms with Crippen molar-refractivity contribution in [3.05, 3.63) is 74.5 Å². The number of hydrogen-bond acceptors (Lipinski definition) is 8. The van der Waals surface area contributed by atoms with E-state index >= 15 is 0 Å². The average molecular weight is 543 g/mol. The second kappa shape index (κ2) is 9.89. The average Bonchev–Trinajstić information content (AvgIpc) is 3.35. The largest absolute Gasteiger partial charge is 0.482 e. The molecule has 4 aromatic rings. The Balaban J connectivity index is 1.74. The highest BCUT2D eigenvalue weighted by Gasteiger charge is 2.22. The summed E-state index contributed by atoms with van der Waals surface area (Å²) >= 11 is 4.85. The fourth-order valence-electron chi connectivity index (χ4n) is 3.62. The smallest absolute Gasteiger partial charge is 0.192 e. The van der Waals surface area contributed by atoms with E-state index in [0.29, 0.717) is 27.9 Å². The van der Waals surface area contributed by atoms with E-state index in [9.17, 15) is 9.60 Å². The molecule has 8 nitrogen and oxygen atoms in total. The Morgan fingerprint density at radius 3 is 2.85 bits per heavy atom. The van der Waals surface area contributed by atoms with Gasteiger partial charge in [0.05, 0.1) is 15.6 Å². The molecule has 11 heteroatoms. The molecule has 0 aliphatic heterocycles. The zero-order valence-electron chi connectivity index (χ0n) is 18.5. The van der Waals surface area contributed by atoms with Crippen LogP contribution in [0.25, 0.3) is 10.4 Å². The summed E-state index contributed by atoms with van der Waals surface area (Å²) in [5.74, 6) is 0.0567. The van der Waals surface area contributed by atoms with Crippen LogP contribution in [0, 0.1) is 24.1 Å².